The summed E-state index contributed by atoms with van der Waals surface area (Å²) in [7, 11) is 2.15. The Kier molecular flexibility index (Phi) is 6.01. The fraction of sp³-hybridized carbons (Fsp3) is 0.333. The quantitative estimate of drug-likeness (QED) is 0.655. The standard InChI is InChI=1S/C27H30N4O2/c1-19-6-11-25(28-17-19)24-5-3-4-21-16-23(33-26(21)24)18-29-27(32)20-7-9-22(10-8-20)31-14-12-30(2)13-15-31/h3-11,17,23H,12-16,18H2,1-2H3,(H,29,32)/t23-/m0/s1. The molecule has 1 aromatic heterocycles. The molecule has 3 aromatic rings. The van der Waals surface area contributed by atoms with E-state index in [1.807, 2.05) is 55.6 Å². The number of ether oxygens (including phenoxy) is 1. The van der Waals surface area contributed by atoms with Gasteiger partial charge in [-0.2, -0.15) is 0 Å². The van der Waals surface area contributed by atoms with E-state index in [0.29, 0.717) is 12.1 Å². The molecule has 0 saturated carbocycles. The molecule has 1 fully saturated rings. The summed E-state index contributed by atoms with van der Waals surface area (Å²) in [6.45, 7) is 6.65. The van der Waals surface area contributed by atoms with Crippen LogP contribution in [0, 0.1) is 6.92 Å². The summed E-state index contributed by atoms with van der Waals surface area (Å²) < 4.78 is 6.25. The van der Waals surface area contributed by atoms with Gasteiger partial charge < -0.3 is 19.9 Å². The molecule has 2 aromatic carbocycles. The molecule has 5 rings (SSSR count). The summed E-state index contributed by atoms with van der Waals surface area (Å²) in [5, 5.41) is 3.05. The van der Waals surface area contributed by atoms with Crippen molar-refractivity contribution in [3.8, 4) is 17.0 Å². The third-order valence-electron chi connectivity index (χ3n) is 6.50. The molecule has 1 amide bonds. The zero-order chi connectivity index (χ0) is 22.8. The number of pyridine rings is 1. The number of aromatic nitrogens is 1. The van der Waals surface area contributed by atoms with Crippen LogP contribution in [0.2, 0.25) is 0 Å². The van der Waals surface area contributed by atoms with Gasteiger partial charge in [0.15, 0.2) is 0 Å². The number of rotatable bonds is 5. The molecule has 2 aliphatic rings. The largest absolute Gasteiger partial charge is 0.487 e. The van der Waals surface area contributed by atoms with Crippen LogP contribution in [0.15, 0.2) is 60.8 Å². The molecule has 1 saturated heterocycles. The molecule has 170 valence electrons. The number of piperazine rings is 1. The van der Waals surface area contributed by atoms with Gasteiger partial charge in [0.05, 0.1) is 12.2 Å². The van der Waals surface area contributed by atoms with Gasteiger partial charge in [0.1, 0.15) is 11.9 Å². The van der Waals surface area contributed by atoms with Gasteiger partial charge >= 0.3 is 0 Å². The summed E-state index contributed by atoms with van der Waals surface area (Å²) in [6.07, 6.45) is 2.56. The van der Waals surface area contributed by atoms with Crippen LogP contribution in [-0.4, -0.2) is 61.7 Å². The van der Waals surface area contributed by atoms with E-state index in [1.165, 1.54) is 5.69 Å². The zero-order valence-electron chi connectivity index (χ0n) is 19.3. The van der Waals surface area contributed by atoms with E-state index >= 15 is 0 Å². The molecule has 1 N–H and O–H groups in total. The third-order valence-corrected chi connectivity index (χ3v) is 6.50. The SMILES string of the molecule is Cc1ccc(-c2cccc3c2O[C@H](CNC(=O)c2ccc(N4CCN(C)CC4)cc2)C3)nc1. The number of likely N-dealkylation sites (N-methyl/N-ethyl adjacent to an activating group) is 1. The first-order valence-electron chi connectivity index (χ1n) is 11.6. The Balaban J connectivity index is 1.19. The lowest BCUT2D eigenvalue weighted by Gasteiger charge is -2.34. The molecular formula is C27H30N4O2. The van der Waals surface area contributed by atoms with Gasteiger partial charge in [-0.3, -0.25) is 9.78 Å². The molecule has 33 heavy (non-hydrogen) atoms. The number of anilines is 1. The minimum absolute atomic E-state index is 0.0695. The van der Waals surface area contributed by atoms with Crippen molar-refractivity contribution in [3.05, 3.63) is 77.5 Å². The van der Waals surface area contributed by atoms with Crippen LogP contribution in [0.3, 0.4) is 0 Å². The van der Waals surface area contributed by atoms with E-state index in [1.54, 1.807) is 0 Å². The normalized spacial score (nSPS) is 18.0. The van der Waals surface area contributed by atoms with Crippen molar-refractivity contribution in [2.24, 2.45) is 0 Å². The van der Waals surface area contributed by atoms with Crippen LogP contribution in [0.25, 0.3) is 11.3 Å². The molecule has 3 heterocycles. The second-order valence-electron chi connectivity index (χ2n) is 9.01. The van der Waals surface area contributed by atoms with Crippen molar-refractivity contribution in [3.63, 3.8) is 0 Å². The number of hydrogen-bond acceptors (Lipinski definition) is 5. The molecule has 6 heteroatoms. The molecule has 1 atom stereocenters. The summed E-state index contributed by atoms with van der Waals surface area (Å²) in [4.78, 5) is 22.0. The maximum Gasteiger partial charge on any atom is 0.251 e. The van der Waals surface area contributed by atoms with E-state index < -0.39 is 0 Å². The summed E-state index contributed by atoms with van der Waals surface area (Å²) in [6, 6.07) is 18.2. The highest BCUT2D eigenvalue weighted by atomic mass is 16.5. The average Bonchev–Trinajstić information content (AvgIpc) is 3.27. The number of aryl methyl sites for hydroxylation is 1. The van der Waals surface area contributed by atoms with Crippen molar-refractivity contribution < 1.29 is 9.53 Å². The fourth-order valence-corrected chi connectivity index (χ4v) is 4.48. The number of nitrogens with zero attached hydrogens (tertiary/aromatic N) is 3. The second-order valence-corrected chi connectivity index (χ2v) is 9.01. The molecule has 0 spiro atoms. The first-order valence-corrected chi connectivity index (χ1v) is 11.6. The highest BCUT2D eigenvalue weighted by Crippen LogP contribution is 2.37. The fourth-order valence-electron chi connectivity index (χ4n) is 4.48. The Hall–Kier alpha value is -3.38. The lowest BCUT2D eigenvalue weighted by atomic mass is 10.0. The minimum Gasteiger partial charge on any atom is -0.487 e. The van der Waals surface area contributed by atoms with E-state index in [0.717, 1.165) is 60.7 Å². The molecule has 0 aliphatic carbocycles. The number of carbonyl (C=O) groups is 1. The van der Waals surface area contributed by atoms with Gasteiger partial charge in [-0.15, -0.1) is 0 Å². The number of nitrogens with one attached hydrogen (secondary N) is 1. The molecule has 2 aliphatic heterocycles. The predicted octanol–water partition coefficient (Wildman–Crippen LogP) is 3.54. The zero-order valence-corrected chi connectivity index (χ0v) is 19.3. The first kappa shape index (κ1) is 21.5. The topological polar surface area (TPSA) is 57.7 Å². The van der Waals surface area contributed by atoms with E-state index in [9.17, 15) is 4.79 Å². The van der Waals surface area contributed by atoms with Crippen LogP contribution in [0.1, 0.15) is 21.5 Å². The van der Waals surface area contributed by atoms with Gasteiger partial charge in [-0.1, -0.05) is 18.2 Å². The maximum atomic E-state index is 12.7. The van der Waals surface area contributed by atoms with Gasteiger partial charge in [0.25, 0.3) is 5.91 Å². The van der Waals surface area contributed by atoms with Gasteiger partial charge in [0, 0.05) is 55.6 Å². The van der Waals surface area contributed by atoms with Crippen molar-refractivity contribution >= 4 is 11.6 Å². The predicted molar refractivity (Wildman–Crippen MR) is 131 cm³/mol. The van der Waals surface area contributed by atoms with Crippen LogP contribution < -0.4 is 15.0 Å². The van der Waals surface area contributed by atoms with Gasteiger partial charge in [-0.25, -0.2) is 0 Å². The summed E-state index contributed by atoms with van der Waals surface area (Å²) >= 11 is 0. The van der Waals surface area contributed by atoms with Gasteiger partial charge in [-0.05, 0) is 61.5 Å². The first-order chi connectivity index (χ1) is 16.1. The van der Waals surface area contributed by atoms with E-state index in [4.69, 9.17) is 4.74 Å². The number of fused-ring (bicyclic) bond motifs is 1. The van der Waals surface area contributed by atoms with Crippen molar-refractivity contribution in [1.82, 2.24) is 15.2 Å². The molecule has 0 unspecified atom stereocenters. The number of benzene rings is 2. The number of amides is 1. The molecule has 6 nitrogen and oxygen atoms in total. The Morgan fingerprint density at radius 2 is 1.85 bits per heavy atom. The smallest absolute Gasteiger partial charge is 0.251 e. The molecule has 0 bridgehead atoms. The van der Waals surface area contributed by atoms with Crippen molar-refractivity contribution in [2.75, 3.05) is 44.7 Å². The highest BCUT2D eigenvalue weighted by molar-refractivity contribution is 5.94. The summed E-state index contributed by atoms with van der Waals surface area (Å²) in [5.74, 6) is 0.810. The third kappa shape index (κ3) is 4.71. The number of carbonyl (C=O) groups excluding carboxylic acids is 1. The second kappa shape index (κ2) is 9.24. The highest BCUT2D eigenvalue weighted by Gasteiger charge is 2.26. The Labute approximate surface area is 195 Å². The van der Waals surface area contributed by atoms with Crippen LogP contribution in [-0.2, 0) is 6.42 Å². The van der Waals surface area contributed by atoms with Gasteiger partial charge in [0.2, 0.25) is 0 Å². The van der Waals surface area contributed by atoms with E-state index in [2.05, 4.69) is 39.3 Å². The maximum absolute atomic E-state index is 12.7. The summed E-state index contributed by atoms with van der Waals surface area (Å²) in [5.41, 5.74) is 6.04. The van der Waals surface area contributed by atoms with Crippen LogP contribution >= 0.6 is 0 Å². The van der Waals surface area contributed by atoms with Crippen LogP contribution in [0.5, 0.6) is 5.75 Å². The van der Waals surface area contributed by atoms with Crippen LogP contribution in [0.4, 0.5) is 5.69 Å². The Morgan fingerprint density at radius 1 is 1.06 bits per heavy atom. The minimum atomic E-state index is -0.0832. The van der Waals surface area contributed by atoms with Crippen molar-refractivity contribution in [2.45, 2.75) is 19.4 Å². The number of para-hydroxylation sites is 1. The average molecular weight is 443 g/mol. The Bertz CT molecular complexity index is 1120. The lowest BCUT2D eigenvalue weighted by Crippen LogP contribution is -2.44. The van der Waals surface area contributed by atoms with E-state index in [-0.39, 0.29) is 12.0 Å². The van der Waals surface area contributed by atoms with Crippen molar-refractivity contribution in [1.29, 1.82) is 0 Å². The molecule has 0 radical (unpaired) electrons. The monoisotopic (exact) mass is 442 g/mol. The molecular weight excluding hydrogens is 412 g/mol. The Morgan fingerprint density at radius 3 is 2.58 bits per heavy atom. The lowest BCUT2D eigenvalue weighted by molar-refractivity contribution is 0.0933. The number of hydrogen-bond donors (Lipinski definition) is 1.